The van der Waals surface area contributed by atoms with Crippen LogP contribution in [0.25, 0.3) is 0 Å². The molecule has 0 aliphatic rings. The van der Waals surface area contributed by atoms with Gasteiger partial charge in [0.1, 0.15) is 50.3 Å². The highest BCUT2D eigenvalue weighted by Gasteiger charge is 2.09. The Kier molecular flexibility index (Phi) is 23.7. The predicted molar refractivity (Wildman–Crippen MR) is 192 cm³/mol. The lowest BCUT2D eigenvalue weighted by Crippen LogP contribution is -2.14. The number of carboxylic acid groups (broad SMARTS) is 1. The maximum Gasteiger partial charge on any atom is 0.338 e. The second-order valence-corrected chi connectivity index (χ2v) is 10.3. The molecule has 0 aliphatic carbocycles. The molecule has 0 bridgehead atoms. The van der Waals surface area contributed by atoms with Gasteiger partial charge in [0.25, 0.3) is 0 Å². The third kappa shape index (κ3) is 22.2. The molecule has 3 rings (SSSR count). The topological polar surface area (TPSA) is 250 Å². The van der Waals surface area contributed by atoms with Crippen molar-refractivity contribution in [2.24, 2.45) is 0 Å². The quantitative estimate of drug-likeness (QED) is 0.0663. The van der Waals surface area contributed by atoms with Gasteiger partial charge in [-0.3, -0.25) is 4.79 Å². The van der Waals surface area contributed by atoms with Crippen LogP contribution in [0.4, 0.5) is 0 Å². The van der Waals surface area contributed by atoms with Gasteiger partial charge in [0.05, 0.1) is 23.3 Å². The van der Waals surface area contributed by atoms with Gasteiger partial charge < -0.3 is 49.2 Å². The van der Waals surface area contributed by atoms with Crippen LogP contribution in [0.5, 0.6) is 17.2 Å². The van der Waals surface area contributed by atoms with E-state index in [0.29, 0.717) is 28.7 Å². The highest BCUT2D eigenvalue weighted by atomic mass is 16.6. The van der Waals surface area contributed by atoms with Crippen LogP contribution in [0.2, 0.25) is 0 Å². The van der Waals surface area contributed by atoms with Crippen molar-refractivity contribution in [3.05, 3.63) is 114 Å². The monoisotopic (exact) mass is 756 g/mol. The summed E-state index contributed by atoms with van der Waals surface area (Å²) < 4.78 is 23.7. The number of rotatable bonds is 14. The molecule has 0 saturated carbocycles. The number of aromatic carboxylic acids is 1. The molecule has 3 aromatic carbocycles. The van der Waals surface area contributed by atoms with E-state index in [1.165, 1.54) is 79.7 Å². The first-order valence-electron chi connectivity index (χ1n) is 15.9. The maximum atomic E-state index is 11.5. The minimum atomic E-state index is -0.986. The van der Waals surface area contributed by atoms with Gasteiger partial charge in [-0.25, -0.2) is 24.0 Å². The largest absolute Gasteiger partial charge is 0.508 e. The standard InChI is InChI=1S/C13H14O5.C12H14O5.C7H6O3.C6H10O3/c1-9(2)12(15)17-7-8-18-13(16)10-3-5-11(14)6-4-10;1-2-11(14)16-7-8-17-12(15)9-3-5-10(13)6-4-9;8-6-3-1-5(2-4-6)7(9)10;1-5(2)6(8)9-4-3-7/h3-6,14H,1,7-8H2,2H3;3-6,13H,2,7-8H2,1H3;1-4,8H,(H,9,10);7H,1,3-4H2,2H3. The molecule has 0 aliphatic heterocycles. The summed E-state index contributed by atoms with van der Waals surface area (Å²) in [7, 11) is 0. The van der Waals surface area contributed by atoms with Crippen LogP contribution in [0.3, 0.4) is 0 Å². The summed E-state index contributed by atoms with van der Waals surface area (Å²) in [6.45, 7) is 11.5. The van der Waals surface area contributed by atoms with E-state index in [2.05, 4.69) is 17.9 Å². The highest BCUT2D eigenvalue weighted by Crippen LogP contribution is 2.12. The van der Waals surface area contributed by atoms with E-state index in [0.717, 1.165) is 0 Å². The fourth-order valence-corrected chi connectivity index (χ4v) is 3.01. The fraction of sp³-hybridized carbons (Fsp3) is 0.263. The van der Waals surface area contributed by atoms with Crippen molar-refractivity contribution in [2.45, 2.75) is 27.2 Å². The number of carbonyl (C=O) groups is 6. The molecular formula is C38H44O16. The van der Waals surface area contributed by atoms with E-state index in [9.17, 15) is 28.8 Å². The molecule has 0 saturated heterocycles. The fourth-order valence-electron chi connectivity index (χ4n) is 3.01. The average Bonchev–Trinajstić information content (AvgIpc) is 3.15. The molecule has 0 aromatic heterocycles. The molecule has 0 heterocycles. The van der Waals surface area contributed by atoms with Gasteiger partial charge in [0.2, 0.25) is 0 Å². The number of aromatic hydroxyl groups is 3. The molecule has 5 N–H and O–H groups in total. The maximum absolute atomic E-state index is 11.5. The van der Waals surface area contributed by atoms with Crippen molar-refractivity contribution in [3.63, 3.8) is 0 Å². The lowest BCUT2D eigenvalue weighted by molar-refractivity contribution is -0.144. The van der Waals surface area contributed by atoms with Crippen molar-refractivity contribution in [1.29, 1.82) is 0 Å². The Hall–Kier alpha value is -6.68. The van der Waals surface area contributed by atoms with Crippen molar-refractivity contribution >= 4 is 35.8 Å². The van der Waals surface area contributed by atoms with Crippen LogP contribution < -0.4 is 0 Å². The molecule has 0 unspecified atom stereocenters. The third-order valence-corrected chi connectivity index (χ3v) is 5.76. The number of hydrogen-bond donors (Lipinski definition) is 5. The molecule has 16 heteroatoms. The Balaban J connectivity index is 0.000000723. The van der Waals surface area contributed by atoms with Gasteiger partial charge in [0.15, 0.2) is 0 Å². The van der Waals surface area contributed by atoms with Crippen molar-refractivity contribution in [3.8, 4) is 17.2 Å². The second kappa shape index (κ2) is 27.0. The van der Waals surface area contributed by atoms with Crippen LogP contribution in [0.1, 0.15) is 58.3 Å². The van der Waals surface area contributed by atoms with Crippen LogP contribution in [-0.2, 0) is 38.1 Å². The highest BCUT2D eigenvalue weighted by molar-refractivity contribution is 5.90. The summed E-state index contributed by atoms with van der Waals surface area (Å²) in [4.78, 5) is 65.4. The van der Waals surface area contributed by atoms with Crippen molar-refractivity contribution < 1.29 is 78.0 Å². The number of carbonyl (C=O) groups excluding carboxylic acids is 5. The van der Waals surface area contributed by atoms with Crippen LogP contribution >= 0.6 is 0 Å². The minimum Gasteiger partial charge on any atom is -0.508 e. The summed E-state index contributed by atoms with van der Waals surface area (Å²) in [6, 6.07) is 16.7. The number of phenols is 3. The van der Waals surface area contributed by atoms with Crippen LogP contribution in [-0.4, -0.2) is 101 Å². The van der Waals surface area contributed by atoms with E-state index < -0.39 is 29.8 Å². The van der Waals surface area contributed by atoms with E-state index in [-0.39, 0.29) is 68.4 Å². The number of hydrogen-bond acceptors (Lipinski definition) is 15. The normalized spacial score (nSPS) is 9.41. The Morgan fingerprint density at radius 1 is 0.519 bits per heavy atom. The van der Waals surface area contributed by atoms with Crippen LogP contribution in [0, 0.1) is 0 Å². The Morgan fingerprint density at radius 2 is 0.833 bits per heavy atom. The Morgan fingerprint density at radius 3 is 1.15 bits per heavy atom. The van der Waals surface area contributed by atoms with E-state index in [1.54, 1.807) is 13.8 Å². The second-order valence-electron chi connectivity index (χ2n) is 10.3. The Labute approximate surface area is 311 Å². The molecule has 3 aromatic rings. The molecule has 54 heavy (non-hydrogen) atoms. The number of benzene rings is 3. The van der Waals surface area contributed by atoms with Crippen LogP contribution in [0.15, 0.2) is 97.1 Å². The molecule has 16 nitrogen and oxygen atoms in total. The Bertz CT molecular complexity index is 1660. The van der Waals surface area contributed by atoms with Gasteiger partial charge in [-0.2, -0.15) is 0 Å². The van der Waals surface area contributed by atoms with E-state index in [1.807, 2.05) is 0 Å². The van der Waals surface area contributed by atoms with E-state index in [4.69, 9.17) is 44.5 Å². The third-order valence-electron chi connectivity index (χ3n) is 5.76. The molecule has 292 valence electrons. The molecule has 0 fully saturated rings. The predicted octanol–water partition coefficient (Wildman–Crippen LogP) is 4.36. The number of esters is 5. The molecule has 0 atom stereocenters. The first-order chi connectivity index (χ1) is 25.5. The number of ether oxygens (including phenoxy) is 5. The van der Waals surface area contributed by atoms with Crippen molar-refractivity contribution in [1.82, 2.24) is 0 Å². The number of aliphatic hydroxyl groups is 1. The number of aliphatic hydroxyl groups excluding tert-OH is 1. The first kappa shape index (κ1) is 47.3. The van der Waals surface area contributed by atoms with Gasteiger partial charge in [-0.05, 0) is 86.6 Å². The summed E-state index contributed by atoms with van der Waals surface area (Å²) in [6.07, 6.45) is 0.298. The number of phenolic OH excluding ortho intramolecular Hbond substituents is 3. The van der Waals surface area contributed by atoms with Gasteiger partial charge >= 0.3 is 35.8 Å². The van der Waals surface area contributed by atoms with Crippen molar-refractivity contribution in [2.75, 3.05) is 39.6 Å². The van der Waals surface area contributed by atoms with E-state index >= 15 is 0 Å². The lowest BCUT2D eigenvalue weighted by Gasteiger charge is -2.06. The number of carboxylic acids is 1. The average molecular weight is 757 g/mol. The van der Waals surface area contributed by atoms with Gasteiger partial charge in [-0.15, -0.1) is 0 Å². The van der Waals surface area contributed by atoms with Gasteiger partial charge in [0, 0.05) is 17.6 Å². The summed E-state index contributed by atoms with van der Waals surface area (Å²) in [5, 5.41) is 43.4. The first-order valence-corrected chi connectivity index (χ1v) is 15.9. The SMILES string of the molecule is C=C(C)C(=O)OCCO.C=C(C)C(=O)OCCOC(=O)c1ccc(O)cc1.CCC(=O)OCCOC(=O)c1ccc(O)cc1.O=C(O)c1ccc(O)cc1. The zero-order chi connectivity index (χ0) is 41.1. The molecular weight excluding hydrogens is 712 g/mol. The minimum absolute atomic E-state index is 0.0183. The van der Waals surface area contributed by atoms with Gasteiger partial charge in [-0.1, -0.05) is 20.1 Å². The zero-order valence-electron chi connectivity index (χ0n) is 30.0. The summed E-state index contributed by atoms with van der Waals surface area (Å²) >= 11 is 0. The zero-order valence-corrected chi connectivity index (χ0v) is 30.0. The lowest BCUT2D eigenvalue weighted by atomic mass is 10.2. The molecule has 0 amide bonds. The summed E-state index contributed by atoms with van der Waals surface area (Å²) in [5.74, 6) is -3.12. The molecule has 0 radical (unpaired) electrons. The molecule has 0 spiro atoms. The smallest absolute Gasteiger partial charge is 0.338 e. The summed E-state index contributed by atoms with van der Waals surface area (Å²) in [5.41, 5.74) is 1.48.